The van der Waals surface area contributed by atoms with E-state index in [4.69, 9.17) is 5.11 Å². The van der Waals surface area contributed by atoms with Crippen LogP contribution in [0.25, 0.3) is 0 Å². The van der Waals surface area contributed by atoms with Crippen molar-refractivity contribution in [2.45, 2.75) is 39.5 Å². The van der Waals surface area contributed by atoms with E-state index in [1.807, 2.05) is 24.3 Å². The molecule has 0 saturated heterocycles. The smallest absolute Gasteiger partial charge is 0.249 e. The van der Waals surface area contributed by atoms with Crippen molar-refractivity contribution in [1.82, 2.24) is 10.2 Å². The van der Waals surface area contributed by atoms with Crippen molar-refractivity contribution in [3.05, 3.63) is 35.4 Å². The summed E-state index contributed by atoms with van der Waals surface area (Å²) >= 11 is 0. The monoisotopic (exact) mass is 320 g/mol. The van der Waals surface area contributed by atoms with Crippen molar-refractivity contribution < 1.29 is 19.8 Å². The number of amides is 2. The minimum atomic E-state index is -1.31. The van der Waals surface area contributed by atoms with E-state index in [1.165, 1.54) is 0 Å². The maximum atomic E-state index is 12.2. The van der Waals surface area contributed by atoms with E-state index in [1.54, 1.807) is 18.7 Å². The first-order valence-corrected chi connectivity index (χ1v) is 7.76. The first-order chi connectivity index (χ1) is 10.8. The molecule has 1 aromatic rings. The molecular weight excluding hydrogens is 296 g/mol. The third kappa shape index (κ3) is 4.09. The van der Waals surface area contributed by atoms with E-state index >= 15 is 0 Å². The summed E-state index contributed by atoms with van der Waals surface area (Å²) < 4.78 is 0. The summed E-state index contributed by atoms with van der Waals surface area (Å²) in [6, 6.07) is 7.93. The van der Waals surface area contributed by atoms with E-state index < -0.39 is 17.4 Å². The van der Waals surface area contributed by atoms with Crippen LogP contribution in [-0.4, -0.2) is 46.2 Å². The summed E-state index contributed by atoms with van der Waals surface area (Å²) in [5.74, 6) is -0.598. The van der Waals surface area contributed by atoms with Crippen LogP contribution in [-0.2, 0) is 22.7 Å². The van der Waals surface area contributed by atoms with Crippen molar-refractivity contribution in [2.24, 2.45) is 5.41 Å². The first-order valence-electron chi connectivity index (χ1n) is 7.76. The summed E-state index contributed by atoms with van der Waals surface area (Å²) in [5, 5.41) is 21.6. The third-order valence-electron chi connectivity index (χ3n) is 4.23. The molecule has 0 saturated carbocycles. The predicted molar refractivity (Wildman–Crippen MR) is 85.2 cm³/mol. The van der Waals surface area contributed by atoms with Crippen molar-refractivity contribution in [2.75, 3.05) is 13.2 Å². The van der Waals surface area contributed by atoms with E-state index in [0.29, 0.717) is 13.1 Å². The second-order valence-corrected chi connectivity index (χ2v) is 6.61. The Kier molecular flexibility index (Phi) is 5.38. The Bertz CT molecular complexity index is 561. The van der Waals surface area contributed by atoms with Gasteiger partial charge >= 0.3 is 0 Å². The fraction of sp³-hybridized carbons (Fsp3) is 0.529. The Morgan fingerprint density at radius 3 is 2.35 bits per heavy atom. The van der Waals surface area contributed by atoms with Gasteiger partial charge in [-0.2, -0.15) is 0 Å². The summed E-state index contributed by atoms with van der Waals surface area (Å²) in [5.41, 5.74) is 1.40. The van der Waals surface area contributed by atoms with Gasteiger partial charge in [0.05, 0.1) is 6.61 Å². The molecule has 0 fully saturated rings. The normalized spacial score (nSPS) is 15.2. The van der Waals surface area contributed by atoms with Crippen LogP contribution >= 0.6 is 0 Å². The Morgan fingerprint density at radius 1 is 1.26 bits per heavy atom. The molecule has 0 radical (unpaired) electrons. The number of nitrogens with zero attached hydrogens (tertiary/aromatic N) is 1. The molecule has 0 aromatic heterocycles. The van der Waals surface area contributed by atoms with Gasteiger partial charge in [0.1, 0.15) is 6.10 Å². The van der Waals surface area contributed by atoms with Crippen LogP contribution in [0.1, 0.15) is 31.4 Å². The molecule has 1 aliphatic heterocycles. The largest absolute Gasteiger partial charge is 0.396 e. The number of aliphatic hydroxyl groups excluding tert-OH is 2. The molecule has 1 heterocycles. The molecular formula is C17H24N2O4. The van der Waals surface area contributed by atoms with Gasteiger partial charge in [0.25, 0.3) is 0 Å². The van der Waals surface area contributed by atoms with Gasteiger partial charge in [0.15, 0.2) is 0 Å². The first kappa shape index (κ1) is 17.4. The van der Waals surface area contributed by atoms with Gasteiger partial charge in [-0.05, 0) is 11.1 Å². The SMILES string of the molecule is CC(C)(CO)[C@@H](O)C(=O)NCCC(=O)N1Cc2ccccc2C1. The second-order valence-electron chi connectivity index (χ2n) is 6.61. The van der Waals surface area contributed by atoms with Gasteiger partial charge in [-0.3, -0.25) is 9.59 Å². The summed E-state index contributed by atoms with van der Waals surface area (Å²) in [4.78, 5) is 25.8. The zero-order valence-corrected chi connectivity index (χ0v) is 13.6. The fourth-order valence-electron chi connectivity index (χ4n) is 2.50. The van der Waals surface area contributed by atoms with Crippen molar-refractivity contribution in [3.63, 3.8) is 0 Å². The Balaban J connectivity index is 1.77. The highest BCUT2D eigenvalue weighted by Crippen LogP contribution is 2.22. The third-order valence-corrected chi connectivity index (χ3v) is 4.23. The summed E-state index contributed by atoms with van der Waals surface area (Å²) in [6.45, 7) is 4.27. The van der Waals surface area contributed by atoms with Crippen LogP contribution in [0.4, 0.5) is 0 Å². The van der Waals surface area contributed by atoms with Crippen LogP contribution in [0, 0.1) is 5.41 Å². The van der Waals surface area contributed by atoms with Gasteiger partial charge in [-0.1, -0.05) is 38.1 Å². The molecule has 6 nitrogen and oxygen atoms in total. The highest BCUT2D eigenvalue weighted by molar-refractivity contribution is 5.82. The van der Waals surface area contributed by atoms with Crippen LogP contribution in [0.5, 0.6) is 0 Å². The molecule has 3 N–H and O–H groups in total. The number of rotatable bonds is 6. The van der Waals surface area contributed by atoms with Crippen LogP contribution < -0.4 is 5.32 Å². The number of fused-ring (bicyclic) bond motifs is 1. The average molecular weight is 320 g/mol. The summed E-state index contributed by atoms with van der Waals surface area (Å²) in [6.07, 6.45) is -1.12. The Hall–Kier alpha value is -1.92. The lowest BCUT2D eigenvalue weighted by Gasteiger charge is -2.27. The minimum Gasteiger partial charge on any atom is -0.396 e. The second kappa shape index (κ2) is 7.10. The lowest BCUT2D eigenvalue weighted by Crippen LogP contribution is -2.46. The van der Waals surface area contributed by atoms with E-state index in [9.17, 15) is 14.7 Å². The molecule has 1 atom stereocenters. The Morgan fingerprint density at radius 2 is 1.83 bits per heavy atom. The maximum Gasteiger partial charge on any atom is 0.249 e. The number of hydrogen-bond donors (Lipinski definition) is 3. The number of carbonyl (C=O) groups excluding carboxylic acids is 2. The standard InChI is InChI=1S/C17H24N2O4/c1-17(2,11-20)15(22)16(23)18-8-7-14(21)19-9-12-5-3-4-6-13(12)10-19/h3-6,15,20,22H,7-11H2,1-2H3,(H,18,23)/t15-/m0/s1. The van der Waals surface area contributed by atoms with Crippen molar-refractivity contribution >= 4 is 11.8 Å². The van der Waals surface area contributed by atoms with Gasteiger partial charge in [-0.25, -0.2) is 0 Å². The zero-order valence-electron chi connectivity index (χ0n) is 13.6. The maximum absolute atomic E-state index is 12.2. The molecule has 126 valence electrons. The molecule has 6 heteroatoms. The molecule has 23 heavy (non-hydrogen) atoms. The summed E-state index contributed by atoms with van der Waals surface area (Å²) in [7, 11) is 0. The quantitative estimate of drug-likeness (QED) is 0.708. The van der Waals surface area contributed by atoms with E-state index in [0.717, 1.165) is 11.1 Å². The minimum absolute atomic E-state index is 0.0302. The van der Waals surface area contributed by atoms with Crippen LogP contribution in [0.3, 0.4) is 0 Å². The number of nitrogens with one attached hydrogen (secondary N) is 1. The van der Waals surface area contributed by atoms with Crippen LogP contribution in [0.15, 0.2) is 24.3 Å². The molecule has 0 spiro atoms. The molecule has 2 amide bonds. The molecule has 0 bridgehead atoms. The van der Waals surface area contributed by atoms with E-state index in [2.05, 4.69) is 5.32 Å². The van der Waals surface area contributed by atoms with Crippen molar-refractivity contribution in [3.8, 4) is 0 Å². The Labute approximate surface area is 136 Å². The zero-order chi connectivity index (χ0) is 17.0. The predicted octanol–water partition coefficient (Wildman–Crippen LogP) is 0.414. The molecule has 0 unspecified atom stereocenters. The highest BCUT2D eigenvalue weighted by Gasteiger charge is 2.33. The topological polar surface area (TPSA) is 89.9 Å². The van der Waals surface area contributed by atoms with Crippen molar-refractivity contribution in [1.29, 1.82) is 0 Å². The lowest BCUT2D eigenvalue weighted by atomic mass is 9.87. The molecule has 1 aliphatic rings. The number of carbonyl (C=O) groups is 2. The lowest BCUT2D eigenvalue weighted by molar-refractivity contribution is -0.137. The molecule has 2 rings (SSSR count). The molecule has 0 aliphatic carbocycles. The molecule has 1 aromatic carbocycles. The highest BCUT2D eigenvalue weighted by atomic mass is 16.3. The number of hydrogen-bond acceptors (Lipinski definition) is 4. The fourth-order valence-corrected chi connectivity index (χ4v) is 2.50. The van der Waals surface area contributed by atoms with Gasteiger partial charge in [-0.15, -0.1) is 0 Å². The number of benzene rings is 1. The van der Waals surface area contributed by atoms with Gasteiger partial charge in [0, 0.05) is 31.5 Å². The number of aliphatic hydroxyl groups is 2. The van der Waals surface area contributed by atoms with Gasteiger partial charge < -0.3 is 20.4 Å². The van der Waals surface area contributed by atoms with Gasteiger partial charge in [0.2, 0.25) is 11.8 Å². The average Bonchev–Trinajstić information content (AvgIpc) is 2.98. The van der Waals surface area contributed by atoms with E-state index in [-0.39, 0.29) is 25.5 Å². The van der Waals surface area contributed by atoms with Crippen LogP contribution in [0.2, 0.25) is 0 Å².